The number of methoxy groups -OCH3 is 1. The van der Waals surface area contributed by atoms with Gasteiger partial charge in [0.05, 0.1) is 12.7 Å². The van der Waals surface area contributed by atoms with Crippen LogP contribution in [0.2, 0.25) is 5.02 Å². The number of carbonyl (C=O) groups is 1. The average Bonchev–Trinajstić information content (AvgIpc) is 2.96. The summed E-state index contributed by atoms with van der Waals surface area (Å²) in [5, 5.41) is 0.478. The molecule has 7 heteroatoms. The number of aromatic nitrogens is 1. The lowest BCUT2D eigenvalue weighted by molar-refractivity contribution is 0.0994. The monoisotopic (exact) mass is 395 g/mol. The van der Waals surface area contributed by atoms with Crippen molar-refractivity contribution in [1.82, 2.24) is 9.47 Å². The van der Waals surface area contributed by atoms with Gasteiger partial charge >= 0.3 is 0 Å². The van der Waals surface area contributed by atoms with E-state index in [2.05, 4.69) is 36.9 Å². The Balaban J connectivity index is 2.49. The van der Waals surface area contributed by atoms with Crippen LogP contribution in [-0.2, 0) is 12.0 Å². The van der Waals surface area contributed by atoms with Crippen LogP contribution >= 0.6 is 22.9 Å². The third-order valence-electron chi connectivity index (χ3n) is 3.84. The van der Waals surface area contributed by atoms with Crippen molar-refractivity contribution in [2.75, 3.05) is 27.7 Å². The molecule has 0 aliphatic carbocycles. The lowest BCUT2D eigenvalue weighted by Gasteiger charge is -2.15. The molecule has 1 amide bonds. The van der Waals surface area contributed by atoms with Crippen molar-refractivity contribution < 1.29 is 9.53 Å². The maximum atomic E-state index is 12.8. The first-order chi connectivity index (χ1) is 12.1. The molecule has 0 saturated carbocycles. The molecule has 2 aromatic rings. The standard InChI is InChI=1S/C19H26ClN3O2S/c1-19(2,3)16-12-23(10-9-22(4)5)18(26-16)21-17(24)14-11-13(20)7-8-15(14)25-6/h7-8,11-12H,9-10H2,1-6H3/b21-18-. The Hall–Kier alpha value is -1.63. The van der Waals surface area contributed by atoms with Crippen LogP contribution in [0.1, 0.15) is 36.0 Å². The second-order valence-electron chi connectivity index (χ2n) is 7.39. The molecule has 0 aliphatic heterocycles. The number of benzene rings is 1. The topological polar surface area (TPSA) is 46.8 Å². The number of hydrogen-bond acceptors (Lipinski definition) is 4. The van der Waals surface area contributed by atoms with Gasteiger partial charge in [0.25, 0.3) is 5.91 Å². The van der Waals surface area contributed by atoms with Crippen LogP contribution < -0.4 is 9.54 Å². The van der Waals surface area contributed by atoms with Gasteiger partial charge < -0.3 is 14.2 Å². The molecule has 142 valence electrons. The number of halogens is 1. The number of amides is 1. The third-order valence-corrected chi connectivity index (χ3v) is 5.52. The van der Waals surface area contributed by atoms with E-state index in [9.17, 15) is 4.79 Å². The van der Waals surface area contributed by atoms with Crippen LogP contribution in [0, 0.1) is 0 Å². The number of ether oxygens (including phenoxy) is 1. The van der Waals surface area contributed by atoms with Crippen LogP contribution in [0.5, 0.6) is 5.75 Å². The van der Waals surface area contributed by atoms with E-state index >= 15 is 0 Å². The first-order valence-corrected chi connectivity index (χ1v) is 9.59. The molecule has 0 fully saturated rings. The van der Waals surface area contributed by atoms with Crippen LogP contribution in [0.25, 0.3) is 0 Å². The second-order valence-corrected chi connectivity index (χ2v) is 8.83. The summed E-state index contributed by atoms with van der Waals surface area (Å²) in [4.78, 5) is 21.1. The van der Waals surface area contributed by atoms with E-state index in [0.717, 1.165) is 13.1 Å². The minimum atomic E-state index is -0.356. The molecule has 0 unspecified atom stereocenters. The zero-order valence-corrected chi connectivity index (χ0v) is 17.7. The van der Waals surface area contributed by atoms with E-state index in [1.54, 1.807) is 29.5 Å². The van der Waals surface area contributed by atoms with Gasteiger partial charge in [-0.25, -0.2) is 0 Å². The molecule has 0 saturated heterocycles. The Kier molecular flexibility index (Phi) is 6.66. The van der Waals surface area contributed by atoms with Crippen LogP contribution in [0.15, 0.2) is 29.4 Å². The largest absolute Gasteiger partial charge is 0.496 e. The number of rotatable bonds is 5. The minimum Gasteiger partial charge on any atom is -0.496 e. The van der Waals surface area contributed by atoms with Crippen molar-refractivity contribution in [1.29, 1.82) is 0 Å². The molecular formula is C19H26ClN3O2S. The highest BCUT2D eigenvalue weighted by atomic mass is 35.5. The van der Waals surface area contributed by atoms with Crippen molar-refractivity contribution in [2.24, 2.45) is 4.99 Å². The zero-order valence-electron chi connectivity index (χ0n) is 16.2. The lowest BCUT2D eigenvalue weighted by atomic mass is 9.95. The molecule has 0 N–H and O–H groups in total. The molecule has 2 rings (SSSR count). The van der Waals surface area contributed by atoms with Gasteiger partial charge in [-0.05, 0) is 37.7 Å². The number of carbonyl (C=O) groups excluding carboxylic acids is 1. The minimum absolute atomic E-state index is 0.00487. The summed E-state index contributed by atoms with van der Waals surface area (Å²) in [7, 11) is 5.58. The fraction of sp³-hybridized carbons (Fsp3) is 0.474. The van der Waals surface area contributed by atoms with Gasteiger partial charge in [-0.2, -0.15) is 4.99 Å². The SMILES string of the molecule is COc1ccc(Cl)cc1C(=O)/N=c1\sc(C(C)(C)C)cn1CCN(C)C. The number of thiazole rings is 1. The van der Waals surface area contributed by atoms with Crippen molar-refractivity contribution in [3.05, 3.63) is 44.7 Å². The smallest absolute Gasteiger partial charge is 0.283 e. The fourth-order valence-electron chi connectivity index (χ4n) is 2.28. The Morgan fingerprint density at radius 2 is 2.04 bits per heavy atom. The van der Waals surface area contributed by atoms with E-state index in [4.69, 9.17) is 16.3 Å². The predicted octanol–water partition coefficient (Wildman–Crippen LogP) is 3.81. The van der Waals surface area contributed by atoms with E-state index in [0.29, 0.717) is 21.1 Å². The van der Waals surface area contributed by atoms with Gasteiger partial charge in [-0.3, -0.25) is 4.79 Å². The van der Waals surface area contributed by atoms with Gasteiger partial charge in [0.2, 0.25) is 0 Å². The first-order valence-electron chi connectivity index (χ1n) is 8.40. The fourth-order valence-corrected chi connectivity index (χ4v) is 3.52. The Morgan fingerprint density at radius 1 is 1.35 bits per heavy atom. The average molecular weight is 396 g/mol. The normalized spacial score (nSPS) is 12.7. The molecule has 0 atom stereocenters. The molecule has 0 bridgehead atoms. The first kappa shape index (κ1) is 20.7. The van der Waals surface area contributed by atoms with E-state index in [1.165, 1.54) is 12.0 Å². The molecule has 0 radical (unpaired) electrons. The van der Waals surface area contributed by atoms with Crippen LogP contribution in [-0.4, -0.2) is 43.1 Å². The van der Waals surface area contributed by atoms with Crippen molar-refractivity contribution in [3.8, 4) is 5.75 Å². The summed E-state index contributed by atoms with van der Waals surface area (Å²) >= 11 is 7.58. The van der Waals surface area contributed by atoms with Gasteiger partial charge in [0.15, 0.2) is 4.80 Å². The van der Waals surface area contributed by atoms with Gasteiger partial charge in [0, 0.05) is 29.2 Å². The highest BCUT2D eigenvalue weighted by molar-refractivity contribution is 7.09. The number of nitrogens with zero attached hydrogens (tertiary/aromatic N) is 3. The number of likely N-dealkylation sites (N-methyl/N-ethyl adjacent to an activating group) is 1. The second kappa shape index (κ2) is 8.37. The van der Waals surface area contributed by atoms with Gasteiger partial charge in [0.1, 0.15) is 5.75 Å². The maximum Gasteiger partial charge on any atom is 0.283 e. The maximum absolute atomic E-state index is 12.8. The molecule has 26 heavy (non-hydrogen) atoms. The molecule has 5 nitrogen and oxygen atoms in total. The Morgan fingerprint density at radius 3 is 2.62 bits per heavy atom. The van der Waals surface area contributed by atoms with E-state index in [-0.39, 0.29) is 11.3 Å². The number of hydrogen-bond donors (Lipinski definition) is 0. The summed E-state index contributed by atoms with van der Waals surface area (Å²) in [5.41, 5.74) is 0.361. The summed E-state index contributed by atoms with van der Waals surface area (Å²) in [5.74, 6) is 0.112. The molecule has 1 heterocycles. The molecule has 1 aromatic heterocycles. The summed E-state index contributed by atoms with van der Waals surface area (Å²) < 4.78 is 7.32. The molecular weight excluding hydrogens is 370 g/mol. The Bertz CT molecular complexity index is 847. The van der Waals surface area contributed by atoms with Gasteiger partial charge in [-0.1, -0.05) is 32.4 Å². The van der Waals surface area contributed by atoms with Crippen LogP contribution in [0.3, 0.4) is 0 Å². The molecule has 0 aliphatic rings. The highest BCUT2D eigenvalue weighted by Gasteiger charge is 2.19. The van der Waals surface area contributed by atoms with Crippen LogP contribution in [0.4, 0.5) is 0 Å². The summed E-state index contributed by atoms with van der Waals surface area (Å²) in [6.07, 6.45) is 2.09. The zero-order chi connectivity index (χ0) is 19.5. The molecule has 0 spiro atoms. The predicted molar refractivity (Wildman–Crippen MR) is 107 cm³/mol. The van der Waals surface area contributed by atoms with E-state index in [1.807, 2.05) is 18.7 Å². The van der Waals surface area contributed by atoms with Gasteiger partial charge in [-0.15, -0.1) is 11.3 Å². The van der Waals surface area contributed by atoms with Crippen molar-refractivity contribution in [3.63, 3.8) is 0 Å². The summed E-state index contributed by atoms with van der Waals surface area (Å²) in [6.45, 7) is 8.09. The third kappa shape index (κ3) is 5.19. The van der Waals surface area contributed by atoms with E-state index < -0.39 is 0 Å². The summed E-state index contributed by atoms with van der Waals surface area (Å²) in [6, 6.07) is 4.96. The quantitative estimate of drug-likeness (QED) is 0.773. The molecule has 1 aromatic carbocycles. The lowest BCUT2D eigenvalue weighted by Crippen LogP contribution is -2.24. The van der Waals surface area contributed by atoms with Crippen molar-refractivity contribution in [2.45, 2.75) is 32.7 Å². The highest BCUT2D eigenvalue weighted by Crippen LogP contribution is 2.25. The van der Waals surface area contributed by atoms with Crippen molar-refractivity contribution >= 4 is 28.8 Å². The Labute approximate surface area is 163 Å².